The molecule has 17 heavy (non-hydrogen) atoms. The number of methoxy groups -OCH3 is 1. The molecule has 5 heteroatoms. The molecular weight excluding hydrogens is 220 g/mol. The minimum atomic E-state index is -0.290. The third kappa shape index (κ3) is 5.00. The number of nitrogens with one attached hydrogen (secondary N) is 1. The molecule has 0 amide bonds. The number of hydrogen-bond donors (Lipinski definition) is 1. The Morgan fingerprint density at radius 2 is 2.12 bits per heavy atom. The minimum absolute atomic E-state index is 0.0277. The summed E-state index contributed by atoms with van der Waals surface area (Å²) in [6, 6.07) is 7.34. The monoisotopic (exact) mass is 234 g/mol. The standard InChI is InChI=1S/C12H14N2O3/c1-13-9-17-11-5-3-10(4-6-11)7-14-8-12(15)16-2/h3-6,14H,7-9H2,2H3. The average Bonchev–Trinajstić information content (AvgIpc) is 2.37. The van der Waals surface area contributed by atoms with E-state index in [-0.39, 0.29) is 19.2 Å². The highest BCUT2D eigenvalue weighted by molar-refractivity contribution is 5.71. The predicted molar refractivity (Wildman–Crippen MR) is 62.3 cm³/mol. The summed E-state index contributed by atoms with van der Waals surface area (Å²) < 4.78 is 9.62. The van der Waals surface area contributed by atoms with E-state index in [1.807, 2.05) is 12.1 Å². The first-order valence-corrected chi connectivity index (χ1v) is 5.08. The maximum atomic E-state index is 10.8. The first-order chi connectivity index (χ1) is 8.26. The lowest BCUT2D eigenvalue weighted by Gasteiger charge is -2.04. The van der Waals surface area contributed by atoms with Crippen LogP contribution in [0.25, 0.3) is 4.85 Å². The van der Waals surface area contributed by atoms with Crippen molar-refractivity contribution in [3.05, 3.63) is 41.2 Å². The van der Waals surface area contributed by atoms with Crippen molar-refractivity contribution in [1.82, 2.24) is 5.32 Å². The summed E-state index contributed by atoms with van der Waals surface area (Å²) in [7, 11) is 1.35. The lowest BCUT2D eigenvalue weighted by molar-refractivity contribution is -0.139. The second-order valence-electron chi connectivity index (χ2n) is 3.26. The molecule has 0 saturated heterocycles. The molecular formula is C12H14N2O3. The highest BCUT2D eigenvalue weighted by Crippen LogP contribution is 2.11. The summed E-state index contributed by atoms with van der Waals surface area (Å²) in [6.07, 6.45) is 0. The van der Waals surface area contributed by atoms with Crippen LogP contribution in [0.3, 0.4) is 0 Å². The molecule has 0 aliphatic rings. The van der Waals surface area contributed by atoms with Crippen LogP contribution >= 0.6 is 0 Å². The van der Waals surface area contributed by atoms with Gasteiger partial charge in [-0.2, -0.15) is 0 Å². The molecule has 0 aliphatic heterocycles. The third-order valence-corrected chi connectivity index (χ3v) is 2.05. The lowest BCUT2D eigenvalue weighted by Crippen LogP contribution is -2.23. The second-order valence-corrected chi connectivity index (χ2v) is 3.26. The number of hydrogen-bond acceptors (Lipinski definition) is 4. The number of rotatable bonds is 6. The van der Waals surface area contributed by atoms with Gasteiger partial charge in [-0.1, -0.05) is 12.1 Å². The molecule has 1 rings (SSSR count). The van der Waals surface area contributed by atoms with Crippen LogP contribution in [0.2, 0.25) is 0 Å². The van der Waals surface area contributed by atoms with Crippen molar-refractivity contribution < 1.29 is 14.3 Å². The van der Waals surface area contributed by atoms with E-state index in [9.17, 15) is 4.79 Å². The SMILES string of the molecule is [C-]#[N+]COc1ccc(CNCC(=O)OC)cc1. The Morgan fingerprint density at radius 1 is 1.41 bits per heavy atom. The van der Waals surface area contributed by atoms with Crippen LogP contribution in [0.1, 0.15) is 5.56 Å². The summed E-state index contributed by atoms with van der Waals surface area (Å²) >= 11 is 0. The van der Waals surface area contributed by atoms with E-state index in [4.69, 9.17) is 11.3 Å². The first kappa shape index (κ1) is 13.0. The molecule has 0 saturated carbocycles. The fourth-order valence-electron chi connectivity index (χ4n) is 1.19. The molecule has 0 aromatic heterocycles. The van der Waals surface area contributed by atoms with E-state index in [1.54, 1.807) is 12.1 Å². The molecule has 5 nitrogen and oxygen atoms in total. The van der Waals surface area contributed by atoms with Crippen LogP contribution in [0.15, 0.2) is 24.3 Å². The number of carbonyl (C=O) groups excluding carboxylic acids is 1. The molecule has 0 aliphatic carbocycles. The molecule has 0 radical (unpaired) electrons. The summed E-state index contributed by atoms with van der Waals surface area (Å²) in [5.74, 6) is 0.375. The molecule has 0 bridgehead atoms. The highest BCUT2D eigenvalue weighted by Gasteiger charge is 2.00. The molecule has 90 valence electrons. The average molecular weight is 234 g/mol. The smallest absolute Gasteiger partial charge is 0.357 e. The number of ether oxygens (including phenoxy) is 2. The van der Waals surface area contributed by atoms with Gasteiger partial charge in [0, 0.05) is 6.54 Å². The van der Waals surface area contributed by atoms with Gasteiger partial charge in [-0.25, -0.2) is 6.57 Å². The minimum Gasteiger partial charge on any atom is -0.468 e. The van der Waals surface area contributed by atoms with E-state index in [1.165, 1.54) is 7.11 Å². The number of carbonyl (C=O) groups is 1. The van der Waals surface area contributed by atoms with E-state index < -0.39 is 0 Å². The van der Waals surface area contributed by atoms with Crippen molar-refractivity contribution in [1.29, 1.82) is 0 Å². The zero-order valence-corrected chi connectivity index (χ0v) is 9.60. The summed E-state index contributed by atoms with van der Waals surface area (Å²) in [6.45, 7) is 7.39. The number of nitrogens with zero attached hydrogens (tertiary/aromatic N) is 1. The van der Waals surface area contributed by atoms with Crippen LogP contribution < -0.4 is 10.1 Å². The molecule has 0 spiro atoms. The summed E-state index contributed by atoms with van der Waals surface area (Å²) in [5, 5.41) is 2.95. The maximum Gasteiger partial charge on any atom is 0.357 e. The van der Waals surface area contributed by atoms with Gasteiger partial charge >= 0.3 is 12.7 Å². The number of benzene rings is 1. The fraction of sp³-hybridized carbons (Fsp3) is 0.333. The van der Waals surface area contributed by atoms with Crippen LogP contribution in [0.5, 0.6) is 5.75 Å². The Labute approximate surface area is 100 Å². The van der Waals surface area contributed by atoms with E-state index in [0.29, 0.717) is 12.3 Å². The fourth-order valence-corrected chi connectivity index (χ4v) is 1.19. The predicted octanol–water partition coefficient (Wildman–Crippen LogP) is 1.20. The van der Waals surface area contributed by atoms with Gasteiger partial charge in [-0.15, -0.1) is 0 Å². The van der Waals surface area contributed by atoms with Crippen molar-refractivity contribution in [2.45, 2.75) is 6.54 Å². The maximum absolute atomic E-state index is 10.8. The van der Waals surface area contributed by atoms with Crippen molar-refractivity contribution >= 4 is 5.97 Å². The van der Waals surface area contributed by atoms with Crippen LogP contribution in [-0.2, 0) is 16.1 Å². The van der Waals surface area contributed by atoms with Crippen molar-refractivity contribution in [2.75, 3.05) is 20.4 Å². The van der Waals surface area contributed by atoms with E-state index >= 15 is 0 Å². The first-order valence-electron chi connectivity index (χ1n) is 5.08. The van der Waals surface area contributed by atoms with Gasteiger partial charge in [-0.05, 0) is 17.7 Å². The van der Waals surface area contributed by atoms with Gasteiger partial charge in [0.15, 0.2) is 0 Å². The second kappa shape index (κ2) is 7.25. The van der Waals surface area contributed by atoms with Crippen LogP contribution in [0, 0.1) is 6.57 Å². The molecule has 0 unspecified atom stereocenters. The Balaban J connectivity index is 2.35. The quantitative estimate of drug-likeness (QED) is 0.593. The summed E-state index contributed by atoms with van der Waals surface area (Å²) in [5.41, 5.74) is 1.03. The Kier molecular flexibility index (Phi) is 5.55. The lowest BCUT2D eigenvalue weighted by atomic mass is 10.2. The van der Waals surface area contributed by atoms with E-state index in [2.05, 4.69) is 14.9 Å². The van der Waals surface area contributed by atoms with E-state index in [0.717, 1.165) is 5.56 Å². The van der Waals surface area contributed by atoms with Gasteiger partial charge in [0.25, 0.3) is 0 Å². The largest absolute Gasteiger partial charge is 0.468 e. The third-order valence-electron chi connectivity index (χ3n) is 2.05. The Morgan fingerprint density at radius 3 is 2.71 bits per heavy atom. The normalized spacial score (nSPS) is 9.41. The molecule has 1 N–H and O–H groups in total. The van der Waals surface area contributed by atoms with Gasteiger partial charge in [0.1, 0.15) is 5.75 Å². The van der Waals surface area contributed by atoms with Crippen LogP contribution in [0.4, 0.5) is 0 Å². The Bertz CT molecular complexity index is 395. The topological polar surface area (TPSA) is 51.9 Å². The van der Waals surface area contributed by atoms with Crippen molar-refractivity contribution in [2.24, 2.45) is 0 Å². The number of esters is 1. The van der Waals surface area contributed by atoms with Crippen molar-refractivity contribution in [3.63, 3.8) is 0 Å². The van der Waals surface area contributed by atoms with Gasteiger partial charge in [0.05, 0.1) is 13.7 Å². The van der Waals surface area contributed by atoms with Crippen molar-refractivity contribution in [3.8, 4) is 5.75 Å². The molecule has 0 atom stereocenters. The zero-order chi connectivity index (χ0) is 12.5. The molecule has 1 aromatic carbocycles. The summed E-state index contributed by atoms with van der Waals surface area (Å²) in [4.78, 5) is 13.9. The van der Waals surface area contributed by atoms with Gasteiger partial charge < -0.3 is 14.8 Å². The molecule has 0 heterocycles. The molecule has 0 fully saturated rings. The highest BCUT2D eigenvalue weighted by atomic mass is 16.5. The Hall–Kier alpha value is -2.06. The van der Waals surface area contributed by atoms with Gasteiger partial charge in [-0.3, -0.25) is 9.64 Å². The molecule has 1 aromatic rings. The van der Waals surface area contributed by atoms with Crippen LogP contribution in [-0.4, -0.2) is 26.4 Å². The van der Waals surface area contributed by atoms with Gasteiger partial charge in [0.2, 0.25) is 0 Å². The zero-order valence-electron chi connectivity index (χ0n) is 9.60.